The van der Waals surface area contributed by atoms with Gasteiger partial charge in [-0.1, -0.05) is 0 Å². The van der Waals surface area contributed by atoms with Crippen molar-refractivity contribution in [2.75, 3.05) is 19.8 Å². The standard InChI is InChI=1S/C24H29F5N4O4S/c1-13-18-11-32(12-21(18)31-33(13)38(34,35)16-4-6-36-7-5-16)10-14-8-20(30)22(37-23(14)24(27,28)29)17-9-15(25)2-3-19(17)26/h2-3,9,14,16,20,22-23H,4-8,10-12,30H2,1H3/t14-,20-,22+,23+/m0/s1. The van der Waals surface area contributed by atoms with Gasteiger partial charge >= 0.3 is 6.18 Å². The van der Waals surface area contributed by atoms with E-state index < -0.39 is 57.3 Å². The fourth-order valence-electron chi connectivity index (χ4n) is 5.73. The highest BCUT2D eigenvalue weighted by atomic mass is 32.2. The molecule has 5 rings (SSSR count). The lowest BCUT2D eigenvalue weighted by Crippen LogP contribution is -2.52. The summed E-state index contributed by atoms with van der Waals surface area (Å²) in [5.74, 6) is -2.76. The van der Waals surface area contributed by atoms with E-state index in [1.807, 2.05) is 0 Å². The Morgan fingerprint density at radius 3 is 2.53 bits per heavy atom. The Hall–Kier alpha value is -2.13. The molecular weight excluding hydrogens is 535 g/mol. The molecule has 1 aromatic carbocycles. The highest BCUT2D eigenvalue weighted by molar-refractivity contribution is 7.90. The Kier molecular flexibility index (Phi) is 7.31. The van der Waals surface area contributed by atoms with Crippen LogP contribution in [0.15, 0.2) is 18.2 Å². The van der Waals surface area contributed by atoms with Crippen LogP contribution >= 0.6 is 0 Å². The molecule has 0 amide bonds. The molecule has 0 unspecified atom stereocenters. The first kappa shape index (κ1) is 27.4. The van der Waals surface area contributed by atoms with E-state index in [-0.39, 0.29) is 31.6 Å². The third-order valence-corrected chi connectivity index (χ3v) is 9.79. The molecule has 14 heteroatoms. The molecule has 210 valence electrons. The first-order valence-electron chi connectivity index (χ1n) is 12.4. The number of rotatable bonds is 5. The second kappa shape index (κ2) is 10.1. The lowest BCUT2D eigenvalue weighted by atomic mass is 9.85. The molecular formula is C24H29F5N4O4S. The average molecular weight is 565 g/mol. The molecule has 0 aliphatic carbocycles. The van der Waals surface area contributed by atoms with Gasteiger partial charge in [0, 0.05) is 55.9 Å². The predicted octanol–water partition coefficient (Wildman–Crippen LogP) is 3.18. The van der Waals surface area contributed by atoms with Crippen molar-refractivity contribution in [2.45, 2.75) is 69.0 Å². The molecule has 4 atom stereocenters. The van der Waals surface area contributed by atoms with Gasteiger partial charge in [0.25, 0.3) is 10.0 Å². The summed E-state index contributed by atoms with van der Waals surface area (Å²) >= 11 is 0. The minimum Gasteiger partial charge on any atom is -0.381 e. The van der Waals surface area contributed by atoms with E-state index in [1.54, 1.807) is 11.8 Å². The van der Waals surface area contributed by atoms with E-state index in [4.69, 9.17) is 15.2 Å². The predicted molar refractivity (Wildman–Crippen MR) is 125 cm³/mol. The summed E-state index contributed by atoms with van der Waals surface area (Å²) in [5, 5.41) is 3.72. The van der Waals surface area contributed by atoms with E-state index in [2.05, 4.69) is 5.10 Å². The van der Waals surface area contributed by atoms with E-state index in [9.17, 15) is 30.4 Å². The van der Waals surface area contributed by atoms with E-state index in [0.29, 0.717) is 43.0 Å². The SMILES string of the molecule is Cc1c2c(nn1S(=O)(=O)C1CCOCC1)CN(C[C@@H]1C[C@H](N)[C@@H](c3cc(F)ccc3F)O[C@H]1C(F)(F)F)C2. The van der Waals surface area contributed by atoms with Gasteiger partial charge in [0.15, 0.2) is 6.10 Å². The number of nitrogens with two attached hydrogens (primary N) is 1. The maximum atomic E-state index is 14.3. The van der Waals surface area contributed by atoms with Crippen LogP contribution in [0.25, 0.3) is 0 Å². The topological polar surface area (TPSA) is 99.7 Å². The first-order valence-corrected chi connectivity index (χ1v) is 13.9. The molecule has 2 saturated heterocycles. The van der Waals surface area contributed by atoms with Crippen molar-refractivity contribution in [3.8, 4) is 0 Å². The van der Waals surface area contributed by atoms with Gasteiger partial charge in [-0.25, -0.2) is 17.2 Å². The van der Waals surface area contributed by atoms with Crippen molar-refractivity contribution in [1.82, 2.24) is 14.1 Å². The van der Waals surface area contributed by atoms with Crippen LogP contribution in [0.2, 0.25) is 0 Å². The zero-order valence-corrected chi connectivity index (χ0v) is 21.4. The Labute approximate surface area is 216 Å². The molecule has 1 aromatic heterocycles. The summed E-state index contributed by atoms with van der Waals surface area (Å²) in [6, 6.07) is 1.52. The van der Waals surface area contributed by atoms with Crippen LogP contribution in [-0.2, 0) is 32.6 Å². The molecule has 4 heterocycles. The fourth-order valence-corrected chi connectivity index (χ4v) is 7.51. The smallest absolute Gasteiger partial charge is 0.381 e. The maximum absolute atomic E-state index is 14.3. The Balaban J connectivity index is 1.32. The Morgan fingerprint density at radius 2 is 1.87 bits per heavy atom. The van der Waals surface area contributed by atoms with Crippen molar-refractivity contribution in [3.05, 3.63) is 52.3 Å². The third-order valence-electron chi connectivity index (χ3n) is 7.63. The zero-order chi connectivity index (χ0) is 27.4. The Bertz CT molecular complexity index is 1300. The number of alkyl halides is 3. The molecule has 0 bridgehead atoms. The van der Waals surface area contributed by atoms with Crippen LogP contribution in [0.4, 0.5) is 22.0 Å². The second-order valence-electron chi connectivity index (χ2n) is 10.2. The van der Waals surface area contributed by atoms with Gasteiger partial charge in [0.1, 0.15) is 17.7 Å². The highest BCUT2D eigenvalue weighted by Gasteiger charge is 2.52. The Morgan fingerprint density at radius 1 is 1.16 bits per heavy atom. The second-order valence-corrected chi connectivity index (χ2v) is 12.3. The lowest BCUT2D eigenvalue weighted by molar-refractivity contribution is -0.268. The van der Waals surface area contributed by atoms with Gasteiger partial charge in [-0.2, -0.15) is 22.4 Å². The van der Waals surface area contributed by atoms with Crippen LogP contribution in [0.3, 0.4) is 0 Å². The van der Waals surface area contributed by atoms with E-state index in [0.717, 1.165) is 22.3 Å². The molecule has 8 nitrogen and oxygen atoms in total. The number of aromatic nitrogens is 2. The number of fused-ring (bicyclic) bond motifs is 1. The largest absolute Gasteiger partial charge is 0.414 e. The normalized spacial score (nSPS) is 27.6. The van der Waals surface area contributed by atoms with Gasteiger partial charge in [0.2, 0.25) is 0 Å². The zero-order valence-electron chi connectivity index (χ0n) is 20.6. The summed E-state index contributed by atoms with van der Waals surface area (Å²) in [6.45, 7) is 2.71. The van der Waals surface area contributed by atoms with Crippen LogP contribution in [0.5, 0.6) is 0 Å². The molecule has 3 aliphatic rings. The average Bonchev–Trinajstić information content (AvgIpc) is 3.39. The summed E-state index contributed by atoms with van der Waals surface area (Å²) in [4.78, 5) is 1.75. The van der Waals surface area contributed by atoms with Crippen molar-refractivity contribution in [1.29, 1.82) is 0 Å². The highest BCUT2D eigenvalue weighted by Crippen LogP contribution is 2.43. The number of hydrogen-bond donors (Lipinski definition) is 1. The molecule has 0 spiro atoms. The molecule has 0 saturated carbocycles. The molecule has 3 aliphatic heterocycles. The molecule has 2 fully saturated rings. The fraction of sp³-hybridized carbons (Fsp3) is 0.625. The van der Waals surface area contributed by atoms with Crippen molar-refractivity contribution in [3.63, 3.8) is 0 Å². The monoisotopic (exact) mass is 564 g/mol. The lowest BCUT2D eigenvalue weighted by Gasteiger charge is -2.42. The van der Waals surface area contributed by atoms with Crippen LogP contribution in [-0.4, -0.2) is 65.8 Å². The summed E-state index contributed by atoms with van der Waals surface area (Å²) < 4.78 is 108. The van der Waals surface area contributed by atoms with E-state index in [1.165, 1.54) is 0 Å². The summed E-state index contributed by atoms with van der Waals surface area (Å²) in [7, 11) is -3.73. The van der Waals surface area contributed by atoms with Crippen molar-refractivity contribution >= 4 is 10.0 Å². The van der Waals surface area contributed by atoms with Crippen LogP contribution in [0, 0.1) is 24.5 Å². The van der Waals surface area contributed by atoms with E-state index >= 15 is 0 Å². The number of ether oxygens (including phenoxy) is 2. The molecule has 38 heavy (non-hydrogen) atoms. The summed E-state index contributed by atoms with van der Waals surface area (Å²) in [6.07, 6.45) is -7.83. The summed E-state index contributed by atoms with van der Waals surface area (Å²) in [5.41, 5.74) is 7.41. The van der Waals surface area contributed by atoms with Gasteiger partial charge < -0.3 is 15.2 Å². The minimum atomic E-state index is -4.76. The molecule has 2 aromatic rings. The van der Waals surface area contributed by atoms with Gasteiger partial charge in [0.05, 0.1) is 16.6 Å². The van der Waals surface area contributed by atoms with Crippen molar-refractivity contribution in [2.24, 2.45) is 11.7 Å². The minimum absolute atomic E-state index is 0.0429. The number of benzene rings is 1. The first-order chi connectivity index (χ1) is 17.9. The van der Waals surface area contributed by atoms with Crippen molar-refractivity contribution < 1.29 is 39.8 Å². The number of nitrogens with zero attached hydrogens (tertiary/aromatic N) is 3. The third kappa shape index (κ3) is 5.08. The van der Waals surface area contributed by atoms with Gasteiger partial charge in [-0.3, -0.25) is 4.90 Å². The quantitative estimate of drug-likeness (QED) is 0.557. The van der Waals surface area contributed by atoms with Crippen LogP contribution < -0.4 is 5.73 Å². The number of hydrogen-bond acceptors (Lipinski definition) is 7. The maximum Gasteiger partial charge on any atom is 0.414 e. The molecule has 0 radical (unpaired) electrons. The van der Waals surface area contributed by atoms with Crippen LogP contribution in [0.1, 0.15) is 47.9 Å². The molecule has 2 N–H and O–H groups in total. The number of halogens is 5. The van der Waals surface area contributed by atoms with Gasteiger partial charge in [-0.05, 0) is 44.4 Å². The van der Waals surface area contributed by atoms with Gasteiger partial charge in [-0.15, -0.1) is 0 Å².